The van der Waals surface area contributed by atoms with Crippen LogP contribution in [-0.2, 0) is 14.3 Å². The fourth-order valence-electron chi connectivity index (χ4n) is 0.918. The lowest BCUT2D eigenvalue weighted by molar-refractivity contribution is -0.158. The smallest absolute Gasteiger partial charge is 0.397 e. The summed E-state index contributed by atoms with van der Waals surface area (Å²) >= 11 is 0. The second-order valence-electron chi connectivity index (χ2n) is 3.96. The van der Waals surface area contributed by atoms with Gasteiger partial charge in [-0.3, -0.25) is 4.79 Å². The van der Waals surface area contributed by atoms with Crippen LogP contribution in [0.1, 0.15) is 27.7 Å². The zero-order valence-corrected chi connectivity index (χ0v) is 9.61. The van der Waals surface area contributed by atoms with Gasteiger partial charge in [-0.15, -0.1) is 0 Å². The number of nitrogens with one attached hydrogen (secondary N) is 1. The van der Waals surface area contributed by atoms with Gasteiger partial charge in [-0.1, -0.05) is 13.8 Å². The van der Waals surface area contributed by atoms with E-state index < -0.39 is 17.9 Å². The van der Waals surface area contributed by atoms with Gasteiger partial charge in [0.15, 0.2) is 0 Å². The van der Waals surface area contributed by atoms with Crippen LogP contribution in [0.25, 0.3) is 0 Å². The van der Waals surface area contributed by atoms with Gasteiger partial charge in [0.2, 0.25) is 0 Å². The molecule has 1 unspecified atom stereocenters. The Kier molecular flexibility index (Phi) is 5.93. The number of esters is 1. The molecule has 1 amide bonds. The van der Waals surface area contributed by atoms with E-state index in [1.165, 1.54) is 0 Å². The molecule has 0 heterocycles. The van der Waals surface area contributed by atoms with Gasteiger partial charge in [0, 0.05) is 0 Å². The molecule has 5 heteroatoms. The van der Waals surface area contributed by atoms with Crippen molar-refractivity contribution in [2.24, 2.45) is 5.92 Å². The van der Waals surface area contributed by atoms with E-state index in [0.29, 0.717) is 0 Å². The average Bonchev–Trinajstić information content (AvgIpc) is 2.11. The normalized spacial score (nSPS) is 12.7. The molecule has 0 rings (SSSR count). The minimum absolute atomic E-state index is 0.0609. The van der Waals surface area contributed by atoms with E-state index in [0.717, 1.165) is 0 Å². The largest absolute Gasteiger partial charge is 0.456 e. The predicted molar refractivity (Wildman–Crippen MR) is 55.1 cm³/mol. The zero-order chi connectivity index (χ0) is 12.0. The first-order valence-corrected chi connectivity index (χ1v) is 5.00. The standard InChI is InChI=1S/C10H19NO4/c1-6(2)8(5-12)11-9(13)10(14)15-7(3)4/h6-8,12H,5H2,1-4H3,(H,11,13). The molecular formula is C10H19NO4. The quantitative estimate of drug-likeness (QED) is 0.516. The lowest BCUT2D eigenvalue weighted by Gasteiger charge is -2.19. The summed E-state index contributed by atoms with van der Waals surface area (Å²) in [5.74, 6) is -1.66. The van der Waals surface area contributed by atoms with Crippen molar-refractivity contribution < 1.29 is 19.4 Å². The third-order valence-corrected chi connectivity index (χ3v) is 1.85. The van der Waals surface area contributed by atoms with Crippen LogP contribution in [0.4, 0.5) is 0 Å². The van der Waals surface area contributed by atoms with Gasteiger partial charge in [-0.25, -0.2) is 4.79 Å². The summed E-state index contributed by atoms with van der Waals surface area (Å²) in [7, 11) is 0. The number of hydrogen-bond acceptors (Lipinski definition) is 4. The number of ether oxygens (including phenoxy) is 1. The molecule has 88 valence electrons. The molecule has 1 atom stereocenters. The molecule has 0 aliphatic heterocycles. The Balaban J connectivity index is 4.16. The topological polar surface area (TPSA) is 75.6 Å². The molecule has 0 aliphatic rings. The third-order valence-electron chi connectivity index (χ3n) is 1.85. The number of carbonyl (C=O) groups excluding carboxylic acids is 2. The fourth-order valence-corrected chi connectivity index (χ4v) is 0.918. The van der Waals surface area contributed by atoms with Crippen LogP contribution in [0.15, 0.2) is 0 Å². The van der Waals surface area contributed by atoms with Crippen LogP contribution in [-0.4, -0.2) is 35.7 Å². The van der Waals surface area contributed by atoms with Crippen molar-refractivity contribution in [1.82, 2.24) is 5.32 Å². The van der Waals surface area contributed by atoms with Gasteiger partial charge in [-0.2, -0.15) is 0 Å². The van der Waals surface area contributed by atoms with Crippen LogP contribution >= 0.6 is 0 Å². The summed E-state index contributed by atoms with van der Waals surface area (Å²) in [5, 5.41) is 11.3. The zero-order valence-electron chi connectivity index (χ0n) is 9.61. The number of hydrogen-bond donors (Lipinski definition) is 2. The highest BCUT2D eigenvalue weighted by atomic mass is 16.5. The van der Waals surface area contributed by atoms with Crippen LogP contribution in [0.5, 0.6) is 0 Å². The van der Waals surface area contributed by atoms with Crippen LogP contribution in [0.2, 0.25) is 0 Å². The monoisotopic (exact) mass is 217 g/mol. The van der Waals surface area contributed by atoms with Crippen LogP contribution in [0.3, 0.4) is 0 Å². The van der Waals surface area contributed by atoms with E-state index in [9.17, 15) is 9.59 Å². The van der Waals surface area contributed by atoms with Gasteiger partial charge < -0.3 is 15.2 Å². The molecule has 0 bridgehead atoms. The Morgan fingerprint density at radius 1 is 1.27 bits per heavy atom. The number of aliphatic hydroxyl groups is 1. The molecule has 0 saturated carbocycles. The highest BCUT2D eigenvalue weighted by Crippen LogP contribution is 2.00. The van der Waals surface area contributed by atoms with Crippen molar-refractivity contribution in [2.75, 3.05) is 6.61 Å². The first-order chi connectivity index (χ1) is 6.88. The van der Waals surface area contributed by atoms with Crippen molar-refractivity contribution in [3.05, 3.63) is 0 Å². The Morgan fingerprint density at radius 2 is 1.80 bits per heavy atom. The molecule has 0 aromatic rings. The summed E-state index contributed by atoms with van der Waals surface area (Å²) in [6.07, 6.45) is -0.324. The third kappa shape index (κ3) is 5.37. The number of carbonyl (C=O) groups is 2. The summed E-state index contributed by atoms with van der Waals surface area (Å²) in [6, 6.07) is -0.419. The molecule has 0 radical (unpaired) electrons. The predicted octanol–water partition coefficient (Wildman–Crippen LogP) is 0.0711. The second kappa shape index (κ2) is 6.40. The molecule has 15 heavy (non-hydrogen) atoms. The minimum Gasteiger partial charge on any atom is -0.456 e. The van der Waals surface area contributed by atoms with Gasteiger partial charge in [0.1, 0.15) is 0 Å². The van der Waals surface area contributed by atoms with Gasteiger partial charge in [0.25, 0.3) is 0 Å². The van der Waals surface area contributed by atoms with Crippen molar-refractivity contribution in [3.63, 3.8) is 0 Å². The van der Waals surface area contributed by atoms with Crippen LogP contribution < -0.4 is 5.32 Å². The number of aliphatic hydroxyl groups excluding tert-OH is 1. The Bertz CT molecular complexity index is 225. The minimum atomic E-state index is -0.913. The van der Waals surface area contributed by atoms with E-state index in [1.807, 2.05) is 13.8 Å². The Hall–Kier alpha value is -1.10. The van der Waals surface area contributed by atoms with E-state index in [2.05, 4.69) is 5.32 Å². The summed E-state index contributed by atoms with van der Waals surface area (Å²) < 4.78 is 4.70. The molecular weight excluding hydrogens is 198 g/mol. The fraction of sp³-hybridized carbons (Fsp3) is 0.800. The SMILES string of the molecule is CC(C)OC(=O)C(=O)NC(CO)C(C)C. The second-order valence-corrected chi connectivity index (χ2v) is 3.96. The van der Waals surface area contributed by atoms with E-state index in [4.69, 9.17) is 9.84 Å². The highest BCUT2D eigenvalue weighted by molar-refractivity contribution is 6.32. The lowest BCUT2D eigenvalue weighted by Crippen LogP contribution is -2.45. The van der Waals surface area contributed by atoms with Gasteiger partial charge in [-0.05, 0) is 19.8 Å². The maximum absolute atomic E-state index is 11.3. The first-order valence-electron chi connectivity index (χ1n) is 5.00. The highest BCUT2D eigenvalue weighted by Gasteiger charge is 2.22. The molecule has 0 saturated heterocycles. The molecule has 5 nitrogen and oxygen atoms in total. The van der Waals surface area contributed by atoms with Crippen molar-refractivity contribution in [2.45, 2.75) is 39.8 Å². The molecule has 0 aromatic carbocycles. The number of amides is 1. The van der Waals surface area contributed by atoms with Crippen LogP contribution in [0, 0.1) is 5.92 Å². The van der Waals surface area contributed by atoms with Gasteiger partial charge in [0.05, 0.1) is 18.8 Å². The van der Waals surface area contributed by atoms with Gasteiger partial charge >= 0.3 is 11.9 Å². The summed E-state index contributed by atoms with van der Waals surface area (Å²) in [5.41, 5.74) is 0. The molecule has 0 aromatic heterocycles. The molecule has 0 fully saturated rings. The first kappa shape index (κ1) is 13.9. The molecule has 2 N–H and O–H groups in total. The molecule has 0 aliphatic carbocycles. The lowest BCUT2D eigenvalue weighted by atomic mass is 10.1. The number of rotatable bonds is 4. The Morgan fingerprint density at radius 3 is 2.13 bits per heavy atom. The van der Waals surface area contributed by atoms with E-state index in [1.54, 1.807) is 13.8 Å². The summed E-state index contributed by atoms with van der Waals surface area (Å²) in [4.78, 5) is 22.4. The van der Waals surface area contributed by atoms with Crippen molar-refractivity contribution in [3.8, 4) is 0 Å². The van der Waals surface area contributed by atoms with E-state index in [-0.39, 0.29) is 18.6 Å². The van der Waals surface area contributed by atoms with E-state index >= 15 is 0 Å². The van der Waals surface area contributed by atoms with Crippen molar-refractivity contribution in [1.29, 1.82) is 0 Å². The molecule has 0 spiro atoms. The maximum atomic E-state index is 11.3. The maximum Gasteiger partial charge on any atom is 0.397 e. The summed E-state index contributed by atoms with van der Waals surface area (Å²) in [6.45, 7) is 6.82. The average molecular weight is 217 g/mol. The Labute approximate surface area is 89.8 Å². The van der Waals surface area contributed by atoms with Crippen molar-refractivity contribution >= 4 is 11.9 Å².